The third-order valence-corrected chi connectivity index (χ3v) is 4.28. The van der Waals surface area contributed by atoms with Gasteiger partial charge in [-0.2, -0.15) is 0 Å². The lowest BCUT2D eigenvalue weighted by Gasteiger charge is -2.47. The molecule has 2 fully saturated rings. The number of nitrogens with zero attached hydrogens (tertiary/aromatic N) is 3. The molecule has 0 saturated carbocycles. The van der Waals surface area contributed by atoms with E-state index in [4.69, 9.17) is 0 Å². The minimum absolute atomic E-state index is 0.147. The molecular weight excluding hydrogens is 271 g/mol. The predicted octanol–water partition coefficient (Wildman–Crippen LogP) is 1.29. The smallest absolute Gasteiger partial charge is 0.321 e. The number of piperazine rings is 1. The van der Waals surface area contributed by atoms with Gasteiger partial charge in [0, 0.05) is 51.0 Å². The fraction of sp³-hybridized carbons (Fsp3) is 0.533. The van der Waals surface area contributed by atoms with Gasteiger partial charge in [-0.1, -0.05) is 6.07 Å². The van der Waals surface area contributed by atoms with Gasteiger partial charge in [-0.3, -0.25) is 4.90 Å². The summed E-state index contributed by atoms with van der Waals surface area (Å²) in [5.74, 6) is -0.341. The van der Waals surface area contributed by atoms with Gasteiger partial charge in [0.05, 0.1) is 0 Å². The molecule has 1 N–H and O–H groups in total. The van der Waals surface area contributed by atoms with Gasteiger partial charge in [0.1, 0.15) is 5.82 Å². The Labute approximate surface area is 124 Å². The van der Waals surface area contributed by atoms with Crippen LogP contribution in [0.5, 0.6) is 0 Å². The summed E-state index contributed by atoms with van der Waals surface area (Å²) in [5, 5.41) is 2.74. The minimum atomic E-state index is -0.341. The number of anilines is 1. The zero-order valence-corrected chi connectivity index (χ0v) is 12.3. The number of carbonyl (C=O) groups excluding carboxylic acids is 1. The fourth-order valence-electron chi connectivity index (χ4n) is 2.81. The molecule has 2 aliphatic rings. The van der Waals surface area contributed by atoms with E-state index in [0.29, 0.717) is 11.7 Å². The van der Waals surface area contributed by atoms with Crippen LogP contribution in [0.15, 0.2) is 24.3 Å². The van der Waals surface area contributed by atoms with Crippen LogP contribution < -0.4 is 5.32 Å². The van der Waals surface area contributed by atoms with E-state index in [1.54, 1.807) is 17.0 Å². The minimum Gasteiger partial charge on any atom is -0.321 e. The van der Waals surface area contributed by atoms with Crippen molar-refractivity contribution in [3.63, 3.8) is 0 Å². The first kappa shape index (κ1) is 14.3. The number of rotatable bonds is 2. The van der Waals surface area contributed by atoms with Crippen molar-refractivity contribution in [3.8, 4) is 0 Å². The zero-order valence-electron chi connectivity index (χ0n) is 12.3. The number of likely N-dealkylation sites (N-methyl/N-ethyl adjacent to an activating group) is 1. The maximum absolute atomic E-state index is 13.1. The molecule has 2 amide bonds. The Morgan fingerprint density at radius 2 is 1.95 bits per heavy atom. The Morgan fingerprint density at radius 3 is 2.62 bits per heavy atom. The molecule has 0 spiro atoms. The van der Waals surface area contributed by atoms with Gasteiger partial charge in [0.2, 0.25) is 0 Å². The van der Waals surface area contributed by atoms with Crippen molar-refractivity contribution in [3.05, 3.63) is 30.1 Å². The van der Waals surface area contributed by atoms with Crippen LogP contribution in [0, 0.1) is 5.82 Å². The second-order valence-corrected chi connectivity index (χ2v) is 5.84. The molecule has 0 aliphatic carbocycles. The van der Waals surface area contributed by atoms with Gasteiger partial charge >= 0.3 is 6.03 Å². The quantitative estimate of drug-likeness (QED) is 0.893. The van der Waals surface area contributed by atoms with Gasteiger partial charge in [-0.05, 0) is 25.2 Å². The summed E-state index contributed by atoms with van der Waals surface area (Å²) in [6, 6.07) is 6.30. The van der Waals surface area contributed by atoms with Crippen molar-refractivity contribution >= 4 is 11.7 Å². The monoisotopic (exact) mass is 292 g/mol. The highest BCUT2D eigenvalue weighted by Crippen LogP contribution is 2.18. The number of nitrogens with one attached hydrogen (secondary N) is 1. The molecule has 21 heavy (non-hydrogen) atoms. The second kappa shape index (κ2) is 5.99. The summed E-state index contributed by atoms with van der Waals surface area (Å²) in [7, 11) is 2.14. The molecular formula is C15H21FN4O. The van der Waals surface area contributed by atoms with E-state index in [0.717, 1.165) is 39.3 Å². The Kier molecular flexibility index (Phi) is 4.07. The first-order valence-electron chi connectivity index (χ1n) is 7.36. The number of likely N-dealkylation sites (tertiary alicyclic amines) is 1. The third-order valence-electron chi connectivity index (χ3n) is 4.28. The Balaban J connectivity index is 1.46. The predicted molar refractivity (Wildman–Crippen MR) is 79.8 cm³/mol. The van der Waals surface area contributed by atoms with E-state index in [2.05, 4.69) is 22.2 Å². The molecule has 3 rings (SSSR count). The number of benzene rings is 1. The number of hydrogen-bond donors (Lipinski definition) is 1. The molecule has 2 aliphatic heterocycles. The molecule has 0 aromatic heterocycles. The Hall–Kier alpha value is -1.66. The highest BCUT2D eigenvalue weighted by Gasteiger charge is 2.35. The molecule has 5 nitrogen and oxygen atoms in total. The van der Waals surface area contributed by atoms with Crippen molar-refractivity contribution in [2.75, 3.05) is 51.6 Å². The summed E-state index contributed by atoms with van der Waals surface area (Å²) >= 11 is 0. The van der Waals surface area contributed by atoms with Crippen molar-refractivity contribution in [1.29, 1.82) is 0 Å². The van der Waals surface area contributed by atoms with Crippen LogP contribution >= 0.6 is 0 Å². The second-order valence-electron chi connectivity index (χ2n) is 5.84. The topological polar surface area (TPSA) is 38.8 Å². The lowest BCUT2D eigenvalue weighted by molar-refractivity contribution is 0.0318. The van der Waals surface area contributed by atoms with E-state index >= 15 is 0 Å². The van der Waals surface area contributed by atoms with Crippen LogP contribution in [0.25, 0.3) is 0 Å². The molecule has 2 saturated heterocycles. The number of halogens is 1. The van der Waals surface area contributed by atoms with Crippen LogP contribution in [0.4, 0.5) is 14.9 Å². The third kappa shape index (κ3) is 3.33. The summed E-state index contributed by atoms with van der Waals surface area (Å²) in [6.07, 6.45) is 0. The fourth-order valence-corrected chi connectivity index (χ4v) is 2.81. The zero-order chi connectivity index (χ0) is 14.8. The average Bonchev–Trinajstić information content (AvgIpc) is 2.39. The van der Waals surface area contributed by atoms with Gasteiger partial charge in [0.15, 0.2) is 0 Å². The van der Waals surface area contributed by atoms with Crippen molar-refractivity contribution in [2.24, 2.45) is 0 Å². The molecule has 1 aromatic carbocycles. The lowest BCUT2D eigenvalue weighted by Crippen LogP contribution is -2.64. The SMILES string of the molecule is CN1CCN(C2CN(C(=O)Nc3cccc(F)c3)C2)CC1. The Bertz CT molecular complexity index is 510. The molecule has 114 valence electrons. The first-order chi connectivity index (χ1) is 10.1. The van der Waals surface area contributed by atoms with Crippen molar-refractivity contribution < 1.29 is 9.18 Å². The average molecular weight is 292 g/mol. The van der Waals surface area contributed by atoms with E-state index in [1.165, 1.54) is 12.1 Å². The molecule has 2 heterocycles. The molecule has 0 atom stereocenters. The molecule has 1 aromatic rings. The number of amides is 2. The van der Waals surface area contributed by atoms with Gasteiger partial charge < -0.3 is 15.1 Å². The van der Waals surface area contributed by atoms with Crippen LogP contribution in [0.3, 0.4) is 0 Å². The maximum atomic E-state index is 13.1. The van der Waals surface area contributed by atoms with E-state index < -0.39 is 0 Å². The molecule has 6 heteroatoms. The normalized spacial score (nSPS) is 21.1. The summed E-state index contributed by atoms with van der Waals surface area (Å²) in [4.78, 5) is 18.6. The summed E-state index contributed by atoms with van der Waals surface area (Å²) in [5.41, 5.74) is 0.503. The van der Waals surface area contributed by atoms with Crippen LogP contribution in [0.2, 0.25) is 0 Å². The van der Waals surface area contributed by atoms with Gasteiger partial charge in [0.25, 0.3) is 0 Å². The van der Waals surface area contributed by atoms with E-state index in [1.807, 2.05) is 0 Å². The standard InChI is InChI=1S/C15H21FN4O/c1-18-5-7-19(8-6-18)14-10-20(11-14)15(21)17-13-4-2-3-12(16)9-13/h2-4,9,14H,5-8,10-11H2,1H3,(H,17,21). The molecule has 0 unspecified atom stereocenters. The largest absolute Gasteiger partial charge is 0.321 e. The number of urea groups is 1. The van der Waals surface area contributed by atoms with E-state index in [-0.39, 0.29) is 11.8 Å². The van der Waals surface area contributed by atoms with E-state index in [9.17, 15) is 9.18 Å². The highest BCUT2D eigenvalue weighted by atomic mass is 19.1. The number of carbonyl (C=O) groups is 1. The molecule has 0 bridgehead atoms. The summed E-state index contributed by atoms with van der Waals surface area (Å²) in [6.45, 7) is 5.83. The highest BCUT2D eigenvalue weighted by molar-refractivity contribution is 5.89. The molecule has 0 radical (unpaired) electrons. The van der Waals surface area contributed by atoms with Gasteiger partial charge in [-0.15, -0.1) is 0 Å². The lowest BCUT2D eigenvalue weighted by atomic mass is 10.1. The van der Waals surface area contributed by atoms with Crippen molar-refractivity contribution in [1.82, 2.24) is 14.7 Å². The van der Waals surface area contributed by atoms with Crippen LogP contribution in [-0.2, 0) is 0 Å². The van der Waals surface area contributed by atoms with Crippen LogP contribution in [0.1, 0.15) is 0 Å². The van der Waals surface area contributed by atoms with Gasteiger partial charge in [-0.25, -0.2) is 9.18 Å². The Morgan fingerprint density at radius 1 is 1.24 bits per heavy atom. The summed E-state index contributed by atoms with van der Waals surface area (Å²) < 4.78 is 13.1. The first-order valence-corrected chi connectivity index (χ1v) is 7.36. The maximum Gasteiger partial charge on any atom is 0.321 e. The van der Waals surface area contributed by atoms with Crippen molar-refractivity contribution in [2.45, 2.75) is 6.04 Å². The number of hydrogen-bond acceptors (Lipinski definition) is 3. The van der Waals surface area contributed by atoms with Crippen LogP contribution in [-0.4, -0.2) is 73.1 Å².